The molecule has 0 spiro atoms. The zero-order chi connectivity index (χ0) is 57.4. The van der Waals surface area contributed by atoms with Gasteiger partial charge in [-0.2, -0.15) is 0 Å². The molecular weight excluding hydrogens is 1060 g/mol. The van der Waals surface area contributed by atoms with E-state index in [2.05, 4.69) is 19.5 Å². The molecule has 0 bridgehead atoms. The first-order chi connectivity index (χ1) is 38.1. The van der Waals surface area contributed by atoms with E-state index in [9.17, 15) is 67.3 Å². The Morgan fingerprint density at radius 3 is 1.87 bits per heavy atom. The summed E-state index contributed by atoms with van der Waals surface area (Å²) in [5.41, 5.74) is 4.25. The van der Waals surface area contributed by atoms with Crippen molar-refractivity contribution in [2.24, 2.45) is 0 Å². The third-order valence-electron chi connectivity index (χ3n) is 12.2. The smallest absolute Gasteiger partial charge is 0.407 e. The van der Waals surface area contributed by atoms with Crippen LogP contribution in [0.3, 0.4) is 0 Å². The van der Waals surface area contributed by atoms with Gasteiger partial charge in [-0.3, -0.25) is 34.3 Å². The van der Waals surface area contributed by atoms with Crippen molar-refractivity contribution in [2.45, 2.75) is 49.5 Å². The number of hydrogen-bond donors (Lipinski definition) is 4. The number of sulfonamides is 1. The summed E-state index contributed by atoms with van der Waals surface area (Å²) in [6, 6.07) is 18.4. The maximum atomic E-state index is 14.3. The van der Waals surface area contributed by atoms with E-state index in [1.54, 1.807) is 71.6 Å². The van der Waals surface area contributed by atoms with Crippen molar-refractivity contribution in [3.8, 4) is 11.1 Å². The Bertz CT molecular complexity index is 2460. The number of carboxylic acids is 2. The van der Waals surface area contributed by atoms with E-state index in [4.69, 9.17) is 14.3 Å². The van der Waals surface area contributed by atoms with E-state index in [0.29, 0.717) is 40.8 Å². The number of aliphatic hydroxyl groups is 1. The lowest BCUT2D eigenvalue weighted by Crippen LogP contribution is -2.54. The van der Waals surface area contributed by atoms with E-state index in [1.807, 2.05) is 4.90 Å². The first-order valence-corrected chi connectivity index (χ1v) is 26.1. The molecule has 79 heavy (non-hydrogen) atoms. The summed E-state index contributed by atoms with van der Waals surface area (Å²) < 4.78 is 53.7. The molecule has 0 radical (unpaired) electrons. The van der Waals surface area contributed by atoms with Gasteiger partial charge in [0.15, 0.2) is 0 Å². The number of piperazine rings is 1. The van der Waals surface area contributed by atoms with Gasteiger partial charge in [0.25, 0.3) is 15.9 Å². The lowest BCUT2D eigenvalue weighted by atomic mass is 10.0. The number of carboxylic acid groups (broad SMARTS) is 2. The highest BCUT2D eigenvalue weighted by molar-refractivity contribution is 7.89. The van der Waals surface area contributed by atoms with Crippen molar-refractivity contribution < 1.29 is 95.8 Å². The van der Waals surface area contributed by atoms with Crippen LogP contribution in [0.15, 0.2) is 83.8 Å². The fraction of sp³-hybridized carbons (Fsp3) is 0.480. The molecule has 434 valence electrons. The number of aliphatic hydroxyl groups excluding tert-OH is 1. The summed E-state index contributed by atoms with van der Waals surface area (Å²) in [5, 5.41) is 45.5. The molecular formula is C50H63N8O20S-5. The Morgan fingerprint density at radius 1 is 0.709 bits per heavy atom. The van der Waals surface area contributed by atoms with E-state index >= 15 is 0 Å². The summed E-state index contributed by atoms with van der Waals surface area (Å²) in [4.78, 5) is 108. The van der Waals surface area contributed by atoms with E-state index in [1.165, 1.54) is 46.8 Å². The van der Waals surface area contributed by atoms with Crippen molar-refractivity contribution in [2.75, 3.05) is 112 Å². The Kier molecular flexibility index (Phi) is 28.8. The molecule has 3 aromatic carbocycles. The average Bonchev–Trinajstić information content (AvgIpc) is 3.53. The van der Waals surface area contributed by atoms with Gasteiger partial charge in [-0.15, -0.1) is 0 Å². The third-order valence-corrected chi connectivity index (χ3v) is 13.9. The largest absolute Gasteiger partial charge is 0.642 e. The molecule has 3 amide bonds. The van der Waals surface area contributed by atoms with Crippen molar-refractivity contribution in [1.29, 1.82) is 0 Å². The lowest BCUT2D eigenvalue weighted by Gasteiger charge is -2.37. The molecule has 1 aliphatic heterocycles. The minimum atomic E-state index is -4.66. The van der Waals surface area contributed by atoms with Gasteiger partial charge in [0, 0.05) is 84.5 Å². The Labute approximate surface area is 456 Å². The topological polar surface area (TPSA) is 356 Å². The van der Waals surface area contributed by atoms with E-state index in [0.717, 1.165) is 10.5 Å². The maximum absolute atomic E-state index is 14.3. The van der Waals surface area contributed by atoms with E-state index in [-0.39, 0.29) is 102 Å². The number of hydrogen-bond acceptors (Lipinski definition) is 24. The minimum absolute atomic E-state index is 0.0561. The van der Waals surface area contributed by atoms with Crippen LogP contribution in [-0.2, 0) is 85.3 Å². The SMILES string of the molecule is O=[C-]OCN(CCN(CCN(CO[C-]=O)CC(=O)[O-])[C@H](CCC(=O)N1CCN(CCOCCON([C@H](CCNC(=O)OCc2ccccc2)C(=O)NO)S(=O)(=O)c2ccc(-c3ccc(CO)cc3)cc2)CC1)C(=O)[O-])CO[C-]=O. The first kappa shape index (κ1) is 64.3. The number of hydroxylamine groups is 2. The van der Waals surface area contributed by atoms with Gasteiger partial charge in [-0.1, -0.05) is 90.6 Å². The molecule has 0 unspecified atom stereocenters. The fourth-order valence-electron chi connectivity index (χ4n) is 7.97. The van der Waals surface area contributed by atoms with Crippen LogP contribution in [0.25, 0.3) is 11.1 Å². The minimum Gasteiger partial charge on any atom is -0.642 e. The molecule has 1 fully saturated rings. The van der Waals surface area contributed by atoms with Gasteiger partial charge in [-0.05, 0) is 47.2 Å². The summed E-state index contributed by atoms with van der Waals surface area (Å²) >= 11 is 0. The Morgan fingerprint density at radius 2 is 1.30 bits per heavy atom. The second-order valence-electron chi connectivity index (χ2n) is 17.4. The number of carbonyl (C=O) groups is 5. The highest BCUT2D eigenvalue weighted by atomic mass is 32.2. The molecule has 0 aromatic heterocycles. The molecule has 1 heterocycles. The summed E-state index contributed by atoms with van der Waals surface area (Å²) in [7, 11) is -4.66. The molecule has 1 saturated heterocycles. The molecule has 4 N–H and O–H groups in total. The first-order valence-electron chi connectivity index (χ1n) is 24.6. The zero-order valence-electron chi connectivity index (χ0n) is 43.1. The van der Waals surface area contributed by atoms with Crippen molar-refractivity contribution in [3.63, 3.8) is 0 Å². The maximum Gasteiger partial charge on any atom is 0.407 e. The standard InChI is InChI=1S/C50H65N8O20S/c59-31-39-6-8-41(9-7-39)42-10-12-43(13-11-42)79(71,72)58(44(48(66)52-70)16-17-51-50(69)77-32-40-4-2-1-3-5-40)78-29-28-73-27-26-53-18-24-57(25-19-53)46(63)15-14-45(49(67)68)56(22-20-54(30-47(64)65)33-74-36-60)23-21-55(34-75-37-61)35-76-38-62/h1-13,44-45,59,70H,14-35H2,(H,51,69)(H,52,66)(H,64,65)(H,67,68)/q-3/p-2/t44-,45-/m1/s1. The predicted octanol–water partition coefficient (Wildman–Crippen LogP) is -3.20. The summed E-state index contributed by atoms with van der Waals surface area (Å²) in [6.45, 7) is 1.86. The van der Waals surface area contributed by atoms with Crippen LogP contribution >= 0.6 is 0 Å². The van der Waals surface area contributed by atoms with Gasteiger partial charge < -0.3 is 73.2 Å². The van der Waals surface area contributed by atoms with Gasteiger partial charge in [-0.25, -0.2) is 23.6 Å². The van der Waals surface area contributed by atoms with Crippen LogP contribution in [0.4, 0.5) is 4.79 Å². The number of nitrogens with zero attached hydrogens (tertiary/aromatic N) is 6. The lowest BCUT2D eigenvalue weighted by molar-refractivity contribution is -0.312. The van der Waals surface area contributed by atoms with Crippen LogP contribution < -0.4 is 21.0 Å². The quantitative estimate of drug-likeness (QED) is 0.0109. The summed E-state index contributed by atoms with van der Waals surface area (Å²) in [5.74, 6) is -4.60. The number of rotatable bonds is 40. The monoisotopic (exact) mass is 1130 g/mol. The predicted molar refractivity (Wildman–Crippen MR) is 267 cm³/mol. The normalized spacial score (nSPS) is 13.6. The zero-order valence-corrected chi connectivity index (χ0v) is 43.9. The van der Waals surface area contributed by atoms with Crippen LogP contribution in [0, 0.1) is 0 Å². The van der Waals surface area contributed by atoms with Crippen molar-refractivity contribution in [1.82, 2.24) is 39.8 Å². The van der Waals surface area contributed by atoms with Gasteiger partial charge >= 0.3 is 6.09 Å². The molecule has 28 nitrogen and oxygen atoms in total. The molecule has 2 atom stereocenters. The second kappa shape index (κ2) is 35.3. The van der Waals surface area contributed by atoms with Crippen LogP contribution in [0.5, 0.6) is 0 Å². The van der Waals surface area contributed by atoms with Crippen LogP contribution in [0.2, 0.25) is 0 Å². The van der Waals surface area contributed by atoms with Crippen molar-refractivity contribution in [3.05, 3.63) is 90.0 Å². The Hall–Kier alpha value is -7.19. The van der Waals surface area contributed by atoms with Gasteiger partial charge in [0.05, 0.1) is 43.3 Å². The molecule has 3 aromatic rings. The number of amides is 3. The highest BCUT2D eigenvalue weighted by Gasteiger charge is 2.38. The van der Waals surface area contributed by atoms with E-state index < -0.39 is 79.4 Å². The second-order valence-corrected chi connectivity index (χ2v) is 19.2. The molecule has 0 saturated carbocycles. The van der Waals surface area contributed by atoms with Gasteiger partial charge in [0.2, 0.25) is 5.91 Å². The number of nitrogens with one attached hydrogen (secondary N) is 2. The number of carbonyl (C=O) groups excluding carboxylic acids is 8. The number of alkyl carbamates (subject to hydrolysis) is 1. The van der Waals surface area contributed by atoms with Crippen LogP contribution in [-0.4, -0.2) is 221 Å². The highest BCUT2D eigenvalue weighted by Crippen LogP contribution is 2.26. The number of benzene rings is 3. The van der Waals surface area contributed by atoms with Crippen LogP contribution in [0.1, 0.15) is 30.4 Å². The molecule has 1 aliphatic rings. The summed E-state index contributed by atoms with van der Waals surface area (Å²) in [6.07, 6.45) is -1.71. The van der Waals surface area contributed by atoms with Crippen molar-refractivity contribution >= 4 is 59.3 Å². The van der Waals surface area contributed by atoms with Gasteiger partial charge in [0.1, 0.15) is 32.8 Å². The molecule has 29 heteroatoms. The average molecular weight is 1130 g/mol. The third kappa shape index (κ3) is 22.6. The number of aliphatic carboxylic acids is 2. The Balaban J connectivity index is 1.34. The molecule has 4 rings (SSSR count). The molecule has 0 aliphatic carbocycles. The fourth-order valence-corrected chi connectivity index (χ4v) is 9.41. The number of ether oxygens (including phenoxy) is 5.